The van der Waals surface area contributed by atoms with Crippen molar-refractivity contribution in [2.45, 2.75) is 66.0 Å². The molecule has 0 aromatic heterocycles. The lowest BCUT2D eigenvalue weighted by atomic mass is 9.89. The molecule has 0 spiro atoms. The van der Waals surface area contributed by atoms with E-state index >= 15 is 0 Å². The molecule has 1 aromatic carbocycles. The Morgan fingerprint density at radius 1 is 1.14 bits per heavy atom. The van der Waals surface area contributed by atoms with Crippen LogP contribution < -0.4 is 15.4 Å². The van der Waals surface area contributed by atoms with Crippen molar-refractivity contribution in [2.24, 2.45) is 10.4 Å². The fourth-order valence-electron chi connectivity index (χ4n) is 2.90. The van der Waals surface area contributed by atoms with Crippen molar-refractivity contribution in [3.63, 3.8) is 0 Å². The molecule has 1 atom stereocenters. The summed E-state index contributed by atoms with van der Waals surface area (Å²) >= 11 is 0. The van der Waals surface area contributed by atoms with Crippen LogP contribution in [0.3, 0.4) is 0 Å². The second kappa shape index (κ2) is 11.5. The summed E-state index contributed by atoms with van der Waals surface area (Å²) in [5, 5.41) is 6.56. The fourth-order valence-corrected chi connectivity index (χ4v) is 4.39. The molecule has 0 fully saturated rings. The summed E-state index contributed by atoms with van der Waals surface area (Å²) in [6, 6.07) is 7.37. The molecule has 0 aliphatic carbocycles. The highest BCUT2D eigenvalue weighted by Crippen LogP contribution is 2.21. The Hall–Kier alpha value is -1.64. The van der Waals surface area contributed by atoms with Gasteiger partial charge in [-0.1, -0.05) is 45.0 Å². The number of rotatable bonds is 10. The van der Waals surface area contributed by atoms with Crippen molar-refractivity contribution >= 4 is 16.0 Å². The second-order valence-corrected chi connectivity index (χ2v) is 10.2. The molecule has 0 saturated heterocycles. The largest absolute Gasteiger partial charge is 0.379 e. The first-order chi connectivity index (χ1) is 13.5. The third-order valence-electron chi connectivity index (χ3n) is 4.34. The second-order valence-electron chi connectivity index (χ2n) is 8.47. The molecule has 0 aliphatic heterocycles. The van der Waals surface area contributed by atoms with Gasteiger partial charge in [0.25, 0.3) is 0 Å². The highest BCUT2D eigenvalue weighted by Gasteiger charge is 2.24. The number of nitrogens with one attached hydrogen (secondary N) is 3. The van der Waals surface area contributed by atoms with Crippen molar-refractivity contribution in [2.75, 3.05) is 20.2 Å². The zero-order valence-electron chi connectivity index (χ0n) is 18.9. The van der Waals surface area contributed by atoms with E-state index in [1.807, 2.05) is 45.0 Å². The first-order valence-corrected chi connectivity index (χ1v) is 11.8. The van der Waals surface area contributed by atoms with Gasteiger partial charge in [0.05, 0.1) is 18.4 Å². The summed E-state index contributed by atoms with van der Waals surface area (Å²) in [5.41, 5.74) is 1.64. The van der Waals surface area contributed by atoms with Gasteiger partial charge in [-0.3, -0.25) is 0 Å². The Morgan fingerprint density at radius 2 is 1.76 bits per heavy atom. The zero-order chi connectivity index (χ0) is 22.1. The van der Waals surface area contributed by atoms with E-state index in [4.69, 9.17) is 4.74 Å². The third kappa shape index (κ3) is 9.60. The standard InChI is InChI=1S/C21H38N4O3S/c1-8-22-20(24-14-19(28-7)21(4,5)6)23-13-17-11-9-10-12-18(17)15-29(26,27)25-16(2)3/h9-12,16,19,25H,8,13-15H2,1-7H3,(H2,22,23,24). The van der Waals surface area contributed by atoms with E-state index < -0.39 is 10.0 Å². The molecule has 0 saturated carbocycles. The average molecular weight is 427 g/mol. The van der Waals surface area contributed by atoms with Crippen molar-refractivity contribution in [1.29, 1.82) is 0 Å². The van der Waals surface area contributed by atoms with E-state index in [-0.39, 0.29) is 23.3 Å². The van der Waals surface area contributed by atoms with Crippen LogP contribution in [0.5, 0.6) is 0 Å². The van der Waals surface area contributed by atoms with E-state index in [1.165, 1.54) is 0 Å². The molecule has 1 rings (SSSR count). The molecule has 0 aliphatic rings. The molecule has 0 heterocycles. The van der Waals surface area contributed by atoms with Crippen LogP contribution in [0.15, 0.2) is 29.3 Å². The summed E-state index contributed by atoms with van der Waals surface area (Å²) < 4.78 is 32.9. The molecule has 1 aromatic rings. The van der Waals surface area contributed by atoms with Gasteiger partial charge in [-0.05, 0) is 37.3 Å². The number of benzene rings is 1. The lowest BCUT2D eigenvalue weighted by Crippen LogP contribution is -2.45. The number of hydrogen-bond donors (Lipinski definition) is 3. The van der Waals surface area contributed by atoms with Crippen LogP contribution in [0, 0.1) is 5.41 Å². The molecule has 7 nitrogen and oxygen atoms in total. The topological polar surface area (TPSA) is 91.8 Å². The molecule has 0 amide bonds. The number of nitrogens with zero attached hydrogens (tertiary/aromatic N) is 1. The van der Waals surface area contributed by atoms with Crippen molar-refractivity contribution in [1.82, 2.24) is 15.4 Å². The molecule has 1 unspecified atom stereocenters. The fraction of sp³-hybridized carbons (Fsp3) is 0.667. The maximum atomic E-state index is 12.3. The van der Waals surface area contributed by atoms with Crippen LogP contribution in [0.1, 0.15) is 52.7 Å². The summed E-state index contributed by atoms with van der Waals surface area (Å²) in [7, 11) is -1.68. The number of sulfonamides is 1. The summed E-state index contributed by atoms with van der Waals surface area (Å²) in [5.74, 6) is 0.619. The van der Waals surface area contributed by atoms with E-state index in [0.717, 1.165) is 17.7 Å². The van der Waals surface area contributed by atoms with E-state index in [9.17, 15) is 8.42 Å². The van der Waals surface area contributed by atoms with E-state index in [1.54, 1.807) is 7.11 Å². The Morgan fingerprint density at radius 3 is 2.28 bits per heavy atom. The first kappa shape index (κ1) is 25.4. The molecule has 0 radical (unpaired) electrons. The Kier molecular flexibility index (Phi) is 10.1. The van der Waals surface area contributed by atoms with Crippen molar-refractivity contribution < 1.29 is 13.2 Å². The van der Waals surface area contributed by atoms with Crippen LogP contribution in [-0.4, -0.2) is 46.7 Å². The number of aliphatic imine (C=N–C) groups is 1. The maximum absolute atomic E-state index is 12.3. The smallest absolute Gasteiger partial charge is 0.216 e. The van der Waals surface area contributed by atoms with Crippen molar-refractivity contribution in [3.8, 4) is 0 Å². The molecule has 166 valence electrons. The predicted molar refractivity (Wildman–Crippen MR) is 120 cm³/mol. The van der Waals surface area contributed by atoms with Gasteiger partial charge in [0.1, 0.15) is 0 Å². The number of methoxy groups -OCH3 is 1. The third-order valence-corrected chi connectivity index (χ3v) is 5.86. The molecule has 29 heavy (non-hydrogen) atoms. The van der Waals surface area contributed by atoms with Crippen LogP contribution >= 0.6 is 0 Å². The van der Waals surface area contributed by atoms with Gasteiger partial charge in [0, 0.05) is 26.2 Å². The van der Waals surface area contributed by atoms with Gasteiger partial charge in [-0.15, -0.1) is 0 Å². The highest BCUT2D eigenvalue weighted by atomic mass is 32.2. The quantitative estimate of drug-likeness (QED) is 0.395. The molecular formula is C21H38N4O3S. The summed E-state index contributed by atoms with van der Waals surface area (Å²) in [6.07, 6.45) is 0.0332. The van der Waals surface area contributed by atoms with Gasteiger partial charge < -0.3 is 15.4 Å². The predicted octanol–water partition coefficient (Wildman–Crippen LogP) is 2.63. The number of guanidine groups is 1. The minimum atomic E-state index is -3.39. The Bertz CT molecular complexity index is 755. The molecule has 3 N–H and O–H groups in total. The van der Waals surface area contributed by atoms with Crippen LogP contribution in [0.25, 0.3) is 0 Å². The van der Waals surface area contributed by atoms with Crippen LogP contribution in [0.2, 0.25) is 0 Å². The van der Waals surface area contributed by atoms with Gasteiger partial charge in [-0.25, -0.2) is 18.1 Å². The molecular weight excluding hydrogens is 388 g/mol. The van der Waals surface area contributed by atoms with Gasteiger partial charge in [0.15, 0.2) is 5.96 Å². The van der Waals surface area contributed by atoms with Gasteiger partial charge in [-0.2, -0.15) is 0 Å². The lowest BCUT2D eigenvalue weighted by Gasteiger charge is -2.30. The van der Waals surface area contributed by atoms with E-state index in [2.05, 4.69) is 41.1 Å². The summed E-state index contributed by atoms with van der Waals surface area (Å²) in [4.78, 5) is 4.65. The monoisotopic (exact) mass is 426 g/mol. The molecule has 8 heteroatoms. The Balaban J connectivity index is 2.92. The minimum absolute atomic E-state index is 0.00342. The molecule has 0 bridgehead atoms. The Labute approximate surface area is 176 Å². The average Bonchev–Trinajstić information content (AvgIpc) is 2.58. The normalized spacial score (nSPS) is 14.1. The van der Waals surface area contributed by atoms with Crippen molar-refractivity contribution in [3.05, 3.63) is 35.4 Å². The maximum Gasteiger partial charge on any atom is 0.216 e. The number of hydrogen-bond acceptors (Lipinski definition) is 4. The number of ether oxygens (including phenoxy) is 1. The van der Waals surface area contributed by atoms with Gasteiger partial charge >= 0.3 is 0 Å². The SMILES string of the molecule is CCNC(=NCc1ccccc1CS(=O)(=O)NC(C)C)NCC(OC)C(C)(C)C. The highest BCUT2D eigenvalue weighted by molar-refractivity contribution is 7.88. The van der Waals surface area contributed by atoms with Crippen LogP contribution in [0.4, 0.5) is 0 Å². The van der Waals surface area contributed by atoms with E-state index in [0.29, 0.717) is 19.0 Å². The first-order valence-electron chi connectivity index (χ1n) is 10.1. The van der Waals surface area contributed by atoms with Crippen LogP contribution in [-0.2, 0) is 27.1 Å². The zero-order valence-corrected chi connectivity index (χ0v) is 19.7. The van der Waals surface area contributed by atoms with Gasteiger partial charge in [0.2, 0.25) is 10.0 Å². The lowest BCUT2D eigenvalue weighted by molar-refractivity contribution is 0.0205. The minimum Gasteiger partial charge on any atom is -0.379 e. The summed E-state index contributed by atoms with van der Waals surface area (Å²) in [6.45, 7) is 13.8.